The summed E-state index contributed by atoms with van der Waals surface area (Å²) in [6.07, 6.45) is 4.60. The van der Waals surface area contributed by atoms with Crippen molar-refractivity contribution >= 4 is 5.69 Å². The molecule has 2 heteroatoms. The fraction of sp³-hybridized carbons (Fsp3) is 0.625. The van der Waals surface area contributed by atoms with E-state index in [1.54, 1.807) is 0 Å². The van der Waals surface area contributed by atoms with Gasteiger partial charge in [0.1, 0.15) is 0 Å². The Balaban J connectivity index is 2.02. The first kappa shape index (κ1) is 13.4. The van der Waals surface area contributed by atoms with Crippen LogP contribution in [0.1, 0.15) is 37.8 Å². The highest BCUT2D eigenvalue weighted by atomic mass is 16.5. The molecular weight excluding hydrogens is 222 g/mol. The van der Waals surface area contributed by atoms with Gasteiger partial charge in [0.25, 0.3) is 0 Å². The molecule has 0 saturated carbocycles. The van der Waals surface area contributed by atoms with Gasteiger partial charge < -0.3 is 10.1 Å². The number of aryl methyl sites for hydroxylation is 2. The molecule has 0 spiro atoms. The van der Waals surface area contributed by atoms with Gasteiger partial charge in [-0.2, -0.15) is 0 Å². The Morgan fingerprint density at radius 3 is 2.28 bits per heavy atom. The van der Waals surface area contributed by atoms with Gasteiger partial charge in [-0.25, -0.2) is 0 Å². The lowest BCUT2D eigenvalue weighted by molar-refractivity contribution is 0.0699. The predicted octanol–water partition coefficient (Wildman–Crippen LogP) is 3.65. The number of benzene rings is 1. The van der Waals surface area contributed by atoms with Gasteiger partial charge >= 0.3 is 0 Å². The van der Waals surface area contributed by atoms with Crippen molar-refractivity contribution in [2.75, 3.05) is 25.1 Å². The molecule has 0 atom stereocenters. The molecule has 0 amide bonds. The minimum absolute atomic E-state index is 0.772. The maximum absolute atomic E-state index is 5.41. The van der Waals surface area contributed by atoms with Crippen LogP contribution in [0.15, 0.2) is 18.2 Å². The molecule has 2 rings (SSSR count). The molecule has 1 N–H and O–H groups in total. The molecular formula is C16H25NO. The largest absolute Gasteiger partial charge is 0.384 e. The molecule has 0 radical (unpaired) electrons. The van der Waals surface area contributed by atoms with Gasteiger partial charge in [0.05, 0.1) is 0 Å². The first-order chi connectivity index (χ1) is 8.85. The molecule has 1 aliphatic heterocycles. The number of anilines is 1. The zero-order valence-corrected chi connectivity index (χ0v) is 11.7. The van der Waals surface area contributed by atoms with Gasteiger partial charge in [-0.3, -0.25) is 0 Å². The van der Waals surface area contributed by atoms with Gasteiger partial charge in [-0.15, -0.1) is 0 Å². The highest BCUT2D eigenvalue weighted by Gasteiger charge is 2.14. The number of rotatable bonds is 5. The summed E-state index contributed by atoms with van der Waals surface area (Å²) in [6.45, 7) is 7.42. The van der Waals surface area contributed by atoms with E-state index in [2.05, 4.69) is 37.4 Å². The second-order valence-electron chi connectivity index (χ2n) is 5.10. The summed E-state index contributed by atoms with van der Waals surface area (Å²) in [5.74, 6) is 0.772. The molecule has 2 nitrogen and oxygen atoms in total. The molecule has 0 unspecified atom stereocenters. The molecule has 0 bridgehead atoms. The van der Waals surface area contributed by atoms with Gasteiger partial charge in [-0.1, -0.05) is 32.0 Å². The molecule has 1 heterocycles. The number of nitrogens with one attached hydrogen (secondary N) is 1. The molecule has 1 aromatic carbocycles. The minimum Gasteiger partial charge on any atom is -0.384 e. The van der Waals surface area contributed by atoms with E-state index in [1.807, 2.05) is 0 Å². The van der Waals surface area contributed by atoms with E-state index < -0.39 is 0 Å². The number of hydrogen-bond acceptors (Lipinski definition) is 2. The van der Waals surface area contributed by atoms with E-state index in [9.17, 15) is 0 Å². The Hall–Kier alpha value is -1.02. The molecule has 1 fully saturated rings. The first-order valence-electron chi connectivity index (χ1n) is 7.27. The summed E-state index contributed by atoms with van der Waals surface area (Å²) in [4.78, 5) is 0. The molecule has 18 heavy (non-hydrogen) atoms. The van der Waals surface area contributed by atoms with Crippen molar-refractivity contribution < 1.29 is 4.74 Å². The van der Waals surface area contributed by atoms with E-state index in [4.69, 9.17) is 4.74 Å². The second-order valence-corrected chi connectivity index (χ2v) is 5.10. The zero-order chi connectivity index (χ0) is 12.8. The molecule has 1 aliphatic rings. The lowest BCUT2D eigenvalue weighted by Gasteiger charge is -2.24. The fourth-order valence-corrected chi connectivity index (χ4v) is 2.67. The van der Waals surface area contributed by atoms with Crippen LogP contribution in [0.5, 0.6) is 0 Å². The van der Waals surface area contributed by atoms with Crippen LogP contribution in [0.4, 0.5) is 5.69 Å². The smallest absolute Gasteiger partial charge is 0.0469 e. The van der Waals surface area contributed by atoms with E-state index in [1.165, 1.54) is 29.7 Å². The van der Waals surface area contributed by atoms with Crippen molar-refractivity contribution in [2.24, 2.45) is 5.92 Å². The number of para-hydroxylation sites is 1. The normalized spacial score (nSPS) is 16.8. The Bertz CT molecular complexity index is 347. The molecule has 1 saturated heterocycles. The standard InChI is InChI=1S/C16H25NO/c1-3-14-6-5-7-15(4-2)16(14)17-12-13-8-10-18-11-9-13/h5-7,13,17H,3-4,8-12H2,1-2H3. The minimum atomic E-state index is 0.772. The van der Waals surface area contributed by atoms with Crippen LogP contribution in [0, 0.1) is 5.92 Å². The summed E-state index contributed by atoms with van der Waals surface area (Å²) in [6, 6.07) is 6.66. The highest BCUT2D eigenvalue weighted by molar-refractivity contribution is 5.57. The maximum atomic E-state index is 5.41. The molecule has 0 aliphatic carbocycles. The number of hydrogen-bond donors (Lipinski definition) is 1. The van der Waals surface area contributed by atoms with Crippen LogP contribution < -0.4 is 5.32 Å². The van der Waals surface area contributed by atoms with Crippen molar-refractivity contribution in [3.63, 3.8) is 0 Å². The monoisotopic (exact) mass is 247 g/mol. The number of ether oxygens (including phenoxy) is 1. The highest BCUT2D eigenvalue weighted by Crippen LogP contribution is 2.24. The maximum Gasteiger partial charge on any atom is 0.0469 e. The topological polar surface area (TPSA) is 21.3 Å². The summed E-state index contributed by atoms with van der Waals surface area (Å²) < 4.78 is 5.41. The third-order valence-electron chi connectivity index (χ3n) is 3.91. The van der Waals surface area contributed by atoms with Crippen LogP contribution in [-0.2, 0) is 17.6 Å². The Labute approximate surface area is 111 Å². The van der Waals surface area contributed by atoms with E-state index in [0.717, 1.165) is 38.5 Å². The van der Waals surface area contributed by atoms with Gasteiger partial charge in [-0.05, 0) is 42.7 Å². The van der Waals surface area contributed by atoms with Crippen LogP contribution in [-0.4, -0.2) is 19.8 Å². The Kier molecular flexibility index (Phi) is 5.06. The third kappa shape index (κ3) is 3.26. The van der Waals surface area contributed by atoms with Crippen molar-refractivity contribution in [1.29, 1.82) is 0 Å². The van der Waals surface area contributed by atoms with Crippen LogP contribution >= 0.6 is 0 Å². The zero-order valence-electron chi connectivity index (χ0n) is 11.7. The van der Waals surface area contributed by atoms with Crippen LogP contribution in [0.25, 0.3) is 0 Å². The molecule has 0 aromatic heterocycles. The van der Waals surface area contributed by atoms with E-state index >= 15 is 0 Å². The predicted molar refractivity (Wildman–Crippen MR) is 77.2 cm³/mol. The third-order valence-corrected chi connectivity index (χ3v) is 3.91. The van der Waals surface area contributed by atoms with E-state index in [-0.39, 0.29) is 0 Å². The molecule has 1 aromatic rings. The average Bonchev–Trinajstić information content (AvgIpc) is 2.45. The summed E-state index contributed by atoms with van der Waals surface area (Å²) in [5, 5.41) is 3.70. The average molecular weight is 247 g/mol. The Morgan fingerprint density at radius 1 is 1.11 bits per heavy atom. The van der Waals surface area contributed by atoms with Crippen LogP contribution in [0.3, 0.4) is 0 Å². The van der Waals surface area contributed by atoms with Crippen molar-refractivity contribution in [3.8, 4) is 0 Å². The fourth-order valence-electron chi connectivity index (χ4n) is 2.67. The van der Waals surface area contributed by atoms with Crippen molar-refractivity contribution in [1.82, 2.24) is 0 Å². The first-order valence-corrected chi connectivity index (χ1v) is 7.27. The second kappa shape index (κ2) is 6.79. The van der Waals surface area contributed by atoms with Crippen molar-refractivity contribution in [3.05, 3.63) is 29.3 Å². The molecule has 100 valence electrons. The van der Waals surface area contributed by atoms with Gasteiger partial charge in [0.15, 0.2) is 0 Å². The summed E-state index contributed by atoms with van der Waals surface area (Å²) >= 11 is 0. The quantitative estimate of drug-likeness (QED) is 0.857. The van der Waals surface area contributed by atoms with Gasteiger partial charge in [0, 0.05) is 25.4 Å². The summed E-state index contributed by atoms with van der Waals surface area (Å²) in [5.41, 5.74) is 4.27. The SMILES string of the molecule is CCc1cccc(CC)c1NCC1CCOCC1. The van der Waals surface area contributed by atoms with Gasteiger partial charge in [0.2, 0.25) is 0 Å². The Morgan fingerprint density at radius 2 is 1.72 bits per heavy atom. The van der Waals surface area contributed by atoms with E-state index in [0.29, 0.717) is 0 Å². The lowest BCUT2D eigenvalue weighted by Crippen LogP contribution is -2.23. The van der Waals surface area contributed by atoms with Crippen molar-refractivity contribution in [2.45, 2.75) is 39.5 Å². The van der Waals surface area contributed by atoms with Crippen LogP contribution in [0.2, 0.25) is 0 Å². The summed E-state index contributed by atoms with van der Waals surface area (Å²) in [7, 11) is 0. The lowest BCUT2D eigenvalue weighted by atomic mass is 9.98.